The van der Waals surface area contributed by atoms with Crippen LogP contribution in [-0.2, 0) is 0 Å². The summed E-state index contributed by atoms with van der Waals surface area (Å²) in [4.78, 5) is 21.7. The summed E-state index contributed by atoms with van der Waals surface area (Å²) in [7, 11) is 0. The van der Waals surface area contributed by atoms with Crippen LogP contribution in [0.4, 0.5) is 5.69 Å². The van der Waals surface area contributed by atoms with Crippen LogP contribution in [0.5, 0.6) is 0 Å². The molecule has 7 heteroatoms. The molecule has 2 aliphatic rings. The van der Waals surface area contributed by atoms with Gasteiger partial charge in [-0.15, -0.1) is 10.2 Å². The molecule has 25 heavy (non-hydrogen) atoms. The van der Waals surface area contributed by atoms with Crippen LogP contribution in [0.2, 0.25) is 0 Å². The molecule has 0 spiro atoms. The topological polar surface area (TPSA) is 79.7 Å². The standard InChI is InChI=1S/C18H20N6O/c25-16-9-15(17-14(21-16)4-1-7-19-17)23-8-2-3-12(10-23)18-22-20-11-24(18)13-5-6-13/h1,4,7,9,11-13H,2-3,5-6,8,10H2,(H,21,25). The normalized spacial score (nSPS) is 21.0. The average molecular weight is 336 g/mol. The molecule has 1 unspecified atom stereocenters. The van der Waals surface area contributed by atoms with Gasteiger partial charge < -0.3 is 14.5 Å². The van der Waals surface area contributed by atoms with Crippen molar-refractivity contribution in [2.75, 3.05) is 18.0 Å². The molecule has 0 bridgehead atoms. The average Bonchev–Trinajstić information content (AvgIpc) is 3.37. The van der Waals surface area contributed by atoms with E-state index in [1.807, 2.05) is 18.5 Å². The van der Waals surface area contributed by atoms with Crippen LogP contribution < -0.4 is 10.5 Å². The Morgan fingerprint density at radius 3 is 3.04 bits per heavy atom. The van der Waals surface area contributed by atoms with E-state index in [4.69, 9.17) is 0 Å². The molecule has 3 aromatic rings. The van der Waals surface area contributed by atoms with Gasteiger partial charge in [-0.2, -0.15) is 0 Å². The number of fused-ring (bicyclic) bond motifs is 1. The summed E-state index contributed by atoms with van der Waals surface area (Å²) in [5.74, 6) is 1.43. The van der Waals surface area contributed by atoms with Gasteiger partial charge in [0.2, 0.25) is 0 Å². The first-order valence-corrected chi connectivity index (χ1v) is 8.92. The maximum atomic E-state index is 12.1. The van der Waals surface area contributed by atoms with Crippen molar-refractivity contribution < 1.29 is 0 Å². The molecular formula is C18H20N6O. The van der Waals surface area contributed by atoms with E-state index in [9.17, 15) is 4.79 Å². The molecule has 0 amide bonds. The lowest BCUT2D eigenvalue weighted by atomic mass is 9.96. The monoisotopic (exact) mass is 336 g/mol. The van der Waals surface area contributed by atoms with Crippen LogP contribution in [0.3, 0.4) is 0 Å². The summed E-state index contributed by atoms with van der Waals surface area (Å²) in [6.45, 7) is 1.78. The lowest BCUT2D eigenvalue weighted by Crippen LogP contribution is -2.36. The smallest absolute Gasteiger partial charge is 0.250 e. The summed E-state index contributed by atoms with van der Waals surface area (Å²) >= 11 is 0. The van der Waals surface area contributed by atoms with Crippen molar-refractivity contribution >= 4 is 16.7 Å². The number of hydrogen-bond donors (Lipinski definition) is 1. The van der Waals surface area contributed by atoms with Crippen LogP contribution in [0.25, 0.3) is 11.0 Å². The number of H-pyrrole nitrogens is 1. The molecule has 5 rings (SSSR count). The van der Waals surface area contributed by atoms with Gasteiger partial charge in [-0.1, -0.05) is 0 Å². The van der Waals surface area contributed by atoms with Gasteiger partial charge in [0.25, 0.3) is 5.56 Å². The second-order valence-corrected chi connectivity index (χ2v) is 7.03. The Bertz CT molecular complexity index is 973. The molecule has 128 valence electrons. The number of hydrogen-bond acceptors (Lipinski definition) is 5. The molecule has 3 aromatic heterocycles. The van der Waals surface area contributed by atoms with Gasteiger partial charge in [-0.3, -0.25) is 9.78 Å². The van der Waals surface area contributed by atoms with E-state index in [1.54, 1.807) is 12.3 Å². The van der Waals surface area contributed by atoms with Gasteiger partial charge in [0.1, 0.15) is 17.7 Å². The van der Waals surface area contributed by atoms with E-state index in [1.165, 1.54) is 12.8 Å². The molecule has 0 radical (unpaired) electrons. The molecule has 1 aliphatic carbocycles. The first-order valence-electron chi connectivity index (χ1n) is 8.92. The number of pyridine rings is 2. The quantitative estimate of drug-likeness (QED) is 0.793. The molecule has 1 aliphatic heterocycles. The minimum Gasteiger partial charge on any atom is -0.369 e. The number of aromatic amines is 1. The van der Waals surface area contributed by atoms with Gasteiger partial charge in [-0.05, 0) is 37.8 Å². The number of nitrogens with one attached hydrogen (secondary N) is 1. The second kappa shape index (κ2) is 5.68. The van der Waals surface area contributed by atoms with E-state index in [0.29, 0.717) is 12.0 Å². The van der Waals surface area contributed by atoms with Crippen molar-refractivity contribution in [3.8, 4) is 0 Å². The SMILES string of the molecule is O=c1cc(N2CCCC(c3nncn3C3CC3)C2)c2ncccc2[nH]1. The Morgan fingerprint density at radius 1 is 1.24 bits per heavy atom. The van der Waals surface area contributed by atoms with Gasteiger partial charge >= 0.3 is 0 Å². The fraction of sp³-hybridized carbons (Fsp3) is 0.444. The van der Waals surface area contributed by atoms with Gasteiger partial charge in [0, 0.05) is 37.3 Å². The maximum absolute atomic E-state index is 12.1. The molecule has 0 aromatic carbocycles. The Kier molecular flexibility index (Phi) is 3.33. The van der Waals surface area contributed by atoms with Crippen LogP contribution in [-0.4, -0.2) is 37.8 Å². The Labute approximate surface area is 144 Å². The summed E-state index contributed by atoms with van der Waals surface area (Å²) in [5, 5.41) is 8.56. The molecule has 1 saturated carbocycles. The van der Waals surface area contributed by atoms with Crippen LogP contribution in [0, 0.1) is 0 Å². The Hall–Kier alpha value is -2.70. The fourth-order valence-corrected chi connectivity index (χ4v) is 3.90. The van der Waals surface area contributed by atoms with Crippen LogP contribution >= 0.6 is 0 Å². The predicted molar refractivity (Wildman–Crippen MR) is 94.8 cm³/mol. The number of aromatic nitrogens is 5. The van der Waals surface area contributed by atoms with Crippen molar-refractivity contribution in [2.45, 2.75) is 37.6 Å². The molecular weight excluding hydrogens is 316 g/mol. The third-order valence-corrected chi connectivity index (χ3v) is 5.24. The highest BCUT2D eigenvalue weighted by Crippen LogP contribution is 2.38. The zero-order valence-corrected chi connectivity index (χ0v) is 13.9. The minimum atomic E-state index is -0.0845. The molecule has 1 N–H and O–H groups in total. The van der Waals surface area contributed by atoms with E-state index < -0.39 is 0 Å². The summed E-state index contributed by atoms with van der Waals surface area (Å²) in [5.41, 5.74) is 2.47. The third kappa shape index (κ3) is 2.59. The number of rotatable bonds is 3. The van der Waals surface area contributed by atoms with Crippen LogP contribution in [0.1, 0.15) is 43.5 Å². The number of nitrogens with zero attached hydrogens (tertiary/aromatic N) is 5. The van der Waals surface area contributed by atoms with Crippen molar-refractivity contribution in [1.82, 2.24) is 24.7 Å². The summed E-state index contributed by atoms with van der Waals surface area (Å²) < 4.78 is 2.25. The third-order valence-electron chi connectivity index (χ3n) is 5.24. The van der Waals surface area contributed by atoms with Crippen molar-refractivity contribution in [3.63, 3.8) is 0 Å². The maximum Gasteiger partial charge on any atom is 0.250 e. The molecule has 1 atom stereocenters. The fourth-order valence-electron chi connectivity index (χ4n) is 3.90. The second-order valence-electron chi connectivity index (χ2n) is 7.03. The number of anilines is 1. The van der Waals surface area contributed by atoms with E-state index >= 15 is 0 Å². The highest BCUT2D eigenvalue weighted by molar-refractivity contribution is 5.87. The van der Waals surface area contributed by atoms with E-state index in [-0.39, 0.29) is 5.56 Å². The zero-order chi connectivity index (χ0) is 16.8. The molecule has 7 nitrogen and oxygen atoms in total. The molecule has 1 saturated heterocycles. The van der Waals surface area contributed by atoms with Crippen molar-refractivity contribution in [2.24, 2.45) is 0 Å². The molecule has 2 fully saturated rings. The van der Waals surface area contributed by atoms with E-state index in [2.05, 4.69) is 29.6 Å². The first-order chi connectivity index (χ1) is 12.3. The van der Waals surface area contributed by atoms with Crippen LogP contribution in [0.15, 0.2) is 35.5 Å². The highest BCUT2D eigenvalue weighted by atomic mass is 16.1. The Balaban J connectivity index is 1.51. The Morgan fingerprint density at radius 2 is 2.16 bits per heavy atom. The minimum absolute atomic E-state index is 0.0845. The lowest BCUT2D eigenvalue weighted by molar-refractivity contribution is 0.471. The summed E-state index contributed by atoms with van der Waals surface area (Å²) in [6, 6.07) is 6.00. The summed E-state index contributed by atoms with van der Waals surface area (Å²) in [6.07, 6.45) is 8.28. The highest BCUT2D eigenvalue weighted by Gasteiger charge is 2.32. The van der Waals surface area contributed by atoms with Crippen molar-refractivity contribution in [3.05, 3.63) is 46.9 Å². The molecule has 4 heterocycles. The zero-order valence-electron chi connectivity index (χ0n) is 13.9. The first kappa shape index (κ1) is 14.6. The van der Waals surface area contributed by atoms with Gasteiger partial charge in [-0.25, -0.2) is 0 Å². The van der Waals surface area contributed by atoms with Gasteiger partial charge in [0.05, 0.1) is 11.2 Å². The van der Waals surface area contributed by atoms with E-state index in [0.717, 1.165) is 48.5 Å². The predicted octanol–water partition coefficient (Wildman–Crippen LogP) is 2.23. The van der Waals surface area contributed by atoms with Crippen molar-refractivity contribution in [1.29, 1.82) is 0 Å². The van der Waals surface area contributed by atoms with Gasteiger partial charge in [0.15, 0.2) is 0 Å². The largest absolute Gasteiger partial charge is 0.369 e. The lowest BCUT2D eigenvalue weighted by Gasteiger charge is -2.34. The number of piperidine rings is 1.